The monoisotopic (exact) mass is 332 g/mol. The summed E-state index contributed by atoms with van der Waals surface area (Å²) in [5.41, 5.74) is 3.10. The van der Waals surface area contributed by atoms with E-state index in [1.807, 2.05) is 33.0 Å². The molecule has 1 fully saturated rings. The van der Waals surface area contributed by atoms with Gasteiger partial charge in [-0.05, 0) is 43.7 Å². The number of hydrogen-bond acceptors (Lipinski definition) is 2. The largest absolute Gasteiger partial charge is 0.348 e. The minimum atomic E-state index is -0.297. The van der Waals surface area contributed by atoms with Crippen LogP contribution in [0.3, 0.4) is 0 Å². The molecule has 2 amide bonds. The van der Waals surface area contributed by atoms with Gasteiger partial charge in [-0.15, -0.1) is 0 Å². The van der Waals surface area contributed by atoms with Gasteiger partial charge in [0.05, 0.1) is 7.05 Å². The summed E-state index contributed by atoms with van der Waals surface area (Å²) in [4.78, 5) is 25.5. The van der Waals surface area contributed by atoms with Gasteiger partial charge >= 0.3 is 0 Å². The molecule has 1 aromatic rings. The number of rotatable bonds is 7. The molecule has 3 N–H and O–H groups in total. The molecule has 132 valence electrons. The highest BCUT2D eigenvalue weighted by atomic mass is 16.2. The van der Waals surface area contributed by atoms with Gasteiger partial charge in [-0.3, -0.25) is 9.59 Å². The van der Waals surface area contributed by atoms with E-state index < -0.39 is 0 Å². The minimum Gasteiger partial charge on any atom is -0.348 e. The standard InChI is InChI=1S/C19H29N3O2/c1-12(2)16-8-6-7-13(3)18(16)21-19(24)14(4)22(5)11-17(23)20-15-9-10-15/h6-8,12,14-15H,9-11H2,1-5H3,(H,20,23)(H,21,24)/p+1/t14-/m0/s1. The van der Waals surface area contributed by atoms with Crippen LogP contribution in [-0.4, -0.2) is 37.5 Å². The van der Waals surface area contributed by atoms with Crippen LogP contribution >= 0.6 is 0 Å². The van der Waals surface area contributed by atoms with Gasteiger partial charge in [-0.25, -0.2) is 0 Å². The van der Waals surface area contributed by atoms with Crippen LogP contribution in [0.15, 0.2) is 18.2 Å². The molecule has 5 nitrogen and oxygen atoms in total. The molecule has 1 unspecified atom stereocenters. The molecule has 0 aromatic heterocycles. The Bertz CT molecular complexity index is 609. The second-order valence-electron chi connectivity index (χ2n) is 7.27. The number of anilines is 1. The predicted octanol–water partition coefficient (Wildman–Crippen LogP) is 1.24. The number of hydrogen-bond donors (Lipinski definition) is 3. The van der Waals surface area contributed by atoms with Gasteiger partial charge in [0.1, 0.15) is 0 Å². The van der Waals surface area contributed by atoms with Gasteiger partial charge < -0.3 is 15.5 Å². The smallest absolute Gasteiger partial charge is 0.282 e. The normalized spacial score (nSPS) is 16.6. The van der Waals surface area contributed by atoms with E-state index >= 15 is 0 Å². The molecule has 0 aliphatic heterocycles. The average Bonchev–Trinajstić information content (AvgIpc) is 3.31. The van der Waals surface area contributed by atoms with Gasteiger partial charge in [0.25, 0.3) is 11.8 Å². The third kappa shape index (κ3) is 4.81. The average molecular weight is 332 g/mol. The van der Waals surface area contributed by atoms with Crippen molar-refractivity contribution in [1.82, 2.24) is 5.32 Å². The molecule has 1 aliphatic carbocycles. The summed E-state index contributed by atoms with van der Waals surface area (Å²) >= 11 is 0. The van der Waals surface area contributed by atoms with Crippen molar-refractivity contribution in [3.63, 3.8) is 0 Å². The Kier molecular flexibility index (Phi) is 5.99. The number of para-hydroxylation sites is 1. The fourth-order valence-electron chi connectivity index (χ4n) is 2.71. The molecule has 0 saturated heterocycles. The molecule has 0 spiro atoms. The molecule has 0 heterocycles. The number of quaternary nitrogens is 1. The van der Waals surface area contributed by atoms with Gasteiger partial charge in [0.2, 0.25) is 0 Å². The van der Waals surface area contributed by atoms with Crippen molar-refractivity contribution in [3.05, 3.63) is 29.3 Å². The van der Waals surface area contributed by atoms with Crippen LogP contribution in [0, 0.1) is 6.92 Å². The lowest BCUT2D eigenvalue weighted by atomic mass is 9.98. The molecule has 0 bridgehead atoms. The summed E-state index contributed by atoms with van der Waals surface area (Å²) in [5, 5.41) is 6.05. The quantitative estimate of drug-likeness (QED) is 0.703. The van der Waals surface area contributed by atoms with Crippen LogP contribution in [0.1, 0.15) is 50.7 Å². The van der Waals surface area contributed by atoms with Gasteiger partial charge in [0, 0.05) is 11.7 Å². The third-order valence-electron chi connectivity index (χ3n) is 4.69. The topological polar surface area (TPSA) is 62.6 Å². The maximum atomic E-state index is 12.6. The molecule has 1 aliphatic rings. The zero-order valence-corrected chi connectivity index (χ0v) is 15.4. The van der Waals surface area contributed by atoms with Crippen molar-refractivity contribution >= 4 is 17.5 Å². The van der Waals surface area contributed by atoms with Crippen molar-refractivity contribution in [2.24, 2.45) is 0 Å². The number of benzene rings is 1. The second-order valence-corrected chi connectivity index (χ2v) is 7.27. The molecule has 0 radical (unpaired) electrons. The first-order chi connectivity index (χ1) is 11.3. The summed E-state index contributed by atoms with van der Waals surface area (Å²) in [6.45, 7) is 8.42. The van der Waals surface area contributed by atoms with Crippen LogP contribution in [0.2, 0.25) is 0 Å². The van der Waals surface area contributed by atoms with E-state index in [1.54, 1.807) is 0 Å². The number of carbonyl (C=O) groups excluding carboxylic acids is 2. The van der Waals surface area contributed by atoms with E-state index in [0.29, 0.717) is 18.5 Å². The van der Waals surface area contributed by atoms with E-state index in [2.05, 4.69) is 30.5 Å². The third-order valence-corrected chi connectivity index (χ3v) is 4.69. The van der Waals surface area contributed by atoms with Crippen LogP contribution in [0.25, 0.3) is 0 Å². The van der Waals surface area contributed by atoms with Crippen molar-refractivity contribution in [2.45, 2.75) is 58.5 Å². The molecule has 24 heavy (non-hydrogen) atoms. The lowest BCUT2D eigenvalue weighted by Crippen LogP contribution is -3.15. The maximum Gasteiger partial charge on any atom is 0.282 e. The maximum absolute atomic E-state index is 12.6. The number of likely N-dealkylation sites (N-methyl/N-ethyl adjacent to an activating group) is 1. The lowest BCUT2D eigenvalue weighted by Gasteiger charge is -2.22. The molecular weight excluding hydrogens is 302 g/mol. The Morgan fingerprint density at radius 3 is 2.50 bits per heavy atom. The minimum absolute atomic E-state index is 0.0217. The van der Waals surface area contributed by atoms with Crippen molar-refractivity contribution < 1.29 is 14.5 Å². The van der Waals surface area contributed by atoms with Crippen LogP contribution in [-0.2, 0) is 9.59 Å². The van der Waals surface area contributed by atoms with Crippen LogP contribution < -0.4 is 15.5 Å². The highest BCUT2D eigenvalue weighted by molar-refractivity contribution is 5.95. The summed E-state index contributed by atoms with van der Waals surface area (Å²) in [5.74, 6) is 0.307. The zero-order chi connectivity index (χ0) is 17.9. The van der Waals surface area contributed by atoms with Crippen molar-refractivity contribution in [2.75, 3.05) is 18.9 Å². The molecule has 5 heteroatoms. The summed E-state index contributed by atoms with van der Waals surface area (Å²) in [7, 11) is 1.89. The van der Waals surface area contributed by atoms with Gasteiger partial charge in [-0.1, -0.05) is 32.0 Å². The zero-order valence-electron chi connectivity index (χ0n) is 15.4. The number of carbonyl (C=O) groups is 2. The summed E-state index contributed by atoms with van der Waals surface area (Å²) in [6, 6.07) is 6.14. The van der Waals surface area contributed by atoms with E-state index in [0.717, 1.165) is 34.6 Å². The first kappa shape index (κ1) is 18.5. The van der Waals surface area contributed by atoms with Crippen molar-refractivity contribution in [1.29, 1.82) is 0 Å². The first-order valence-electron chi connectivity index (χ1n) is 8.81. The SMILES string of the molecule is Cc1cccc(C(C)C)c1NC(=O)[C@H](C)[NH+](C)CC(=O)NC1CC1. The molecule has 1 saturated carbocycles. The highest BCUT2D eigenvalue weighted by Crippen LogP contribution is 2.27. The van der Waals surface area contributed by atoms with Crippen LogP contribution in [0.4, 0.5) is 5.69 Å². The fraction of sp³-hybridized carbons (Fsp3) is 0.579. The Morgan fingerprint density at radius 2 is 1.92 bits per heavy atom. The van der Waals surface area contributed by atoms with Gasteiger partial charge in [0.15, 0.2) is 12.6 Å². The van der Waals surface area contributed by atoms with E-state index in [1.165, 1.54) is 0 Å². The Morgan fingerprint density at radius 1 is 1.25 bits per heavy atom. The molecular formula is C19H30N3O2+. The fourth-order valence-corrected chi connectivity index (χ4v) is 2.71. The van der Waals surface area contributed by atoms with Gasteiger partial charge in [-0.2, -0.15) is 0 Å². The lowest BCUT2D eigenvalue weighted by molar-refractivity contribution is -0.885. The molecule has 2 rings (SSSR count). The molecule has 2 atom stereocenters. The number of aryl methyl sites for hydroxylation is 1. The predicted molar refractivity (Wildman–Crippen MR) is 96.3 cm³/mol. The number of nitrogens with one attached hydrogen (secondary N) is 3. The Balaban J connectivity index is 1.99. The Labute approximate surface area is 144 Å². The summed E-state index contributed by atoms with van der Waals surface area (Å²) < 4.78 is 0. The van der Waals surface area contributed by atoms with E-state index in [9.17, 15) is 9.59 Å². The van der Waals surface area contributed by atoms with E-state index in [4.69, 9.17) is 0 Å². The van der Waals surface area contributed by atoms with E-state index in [-0.39, 0.29) is 17.9 Å². The summed E-state index contributed by atoms with van der Waals surface area (Å²) in [6.07, 6.45) is 2.15. The first-order valence-corrected chi connectivity index (χ1v) is 8.81. The van der Waals surface area contributed by atoms with Crippen molar-refractivity contribution in [3.8, 4) is 0 Å². The Hall–Kier alpha value is -1.88. The number of amides is 2. The second kappa shape index (κ2) is 7.79. The van der Waals surface area contributed by atoms with Crippen LogP contribution in [0.5, 0.6) is 0 Å². The highest BCUT2D eigenvalue weighted by Gasteiger charge is 2.28. The molecule has 1 aromatic carbocycles.